The average molecular weight is 253 g/mol. The maximum absolute atomic E-state index is 12.4. The van der Waals surface area contributed by atoms with E-state index in [9.17, 15) is 22.8 Å². The highest BCUT2D eigenvalue weighted by molar-refractivity contribution is 5.90. The van der Waals surface area contributed by atoms with Gasteiger partial charge in [0.25, 0.3) is 0 Å². The minimum Gasteiger partial charge on any atom is -0.479 e. The lowest BCUT2D eigenvalue weighted by atomic mass is 9.84. The number of hydrogen-bond acceptors (Lipinski definition) is 2. The van der Waals surface area contributed by atoms with Crippen LogP contribution in [-0.2, 0) is 9.59 Å². The molecule has 1 amide bonds. The fourth-order valence-corrected chi connectivity index (χ4v) is 2.35. The second kappa shape index (κ2) is 4.19. The quantitative estimate of drug-likeness (QED) is 0.814. The van der Waals surface area contributed by atoms with Gasteiger partial charge in [-0.3, -0.25) is 4.79 Å². The van der Waals surface area contributed by atoms with Gasteiger partial charge in [0.15, 0.2) is 0 Å². The van der Waals surface area contributed by atoms with E-state index in [1.807, 2.05) is 0 Å². The molecule has 0 aliphatic carbocycles. The molecule has 0 radical (unpaired) electrons. The van der Waals surface area contributed by atoms with Crippen molar-refractivity contribution in [3.63, 3.8) is 0 Å². The Morgan fingerprint density at radius 2 is 1.88 bits per heavy atom. The molecule has 98 valence electrons. The Morgan fingerprint density at radius 3 is 2.24 bits per heavy atom. The number of aliphatic carboxylic acids is 1. The summed E-state index contributed by atoms with van der Waals surface area (Å²) in [6.45, 7) is 2.86. The number of hydrogen-bond donors (Lipinski definition) is 1. The van der Waals surface area contributed by atoms with Crippen LogP contribution < -0.4 is 0 Å². The van der Waals surface area contributed by atoms with Crippen LogP contribution in [0.3, 0.4) is 0 Å². The molecule has 0 aromatic rings. The molecule has 0 bridgehead atoms. The summed E-state index contributed by atoms with van der Waals surface area (Å²) in [5, 5.41) is 9.16. The molecule has 1 fully saturated rings. The number of carbonyl (C=O) groups excluding carboxylic acids is 1. The number of carbonyl (C=O) groups is 2. The minimum atomic E-state index is -5.03. The number of carboxylic acids is 1. The van der Waals surface area contributed by atoms with E-state index >= 15 is 0 Å². The topological polar surface area (TPSA) is 57.6 Å². The number of likely N-dealkylation sites (tertiary alicyclic amines) is 1. The summed E-state index contributed by atoms with van der Waals surface area (Å²) in [5.41, 5.74) is -1.73. The molecule has 1 saturated heterocycles. The van der Waals surface area contributed by atoms with Crippen LogP contribution in [0.15, 0.2) is 0 Å². The van der Waals surface area contributed by atoms with Crippen molar-refractivity contribution in [2.24, 2.45) is 5.92 Å². The Bertz CT molecular complexity index is 340. The van der Waals surface area contributed by atoms with Gasteiger partial charge >= 0.3 is 18.1 Å². The fraction of sp³-hybridized carbons (Fsp3) is 0.800. The van der Waals surface area contributed by atoms with Gasteiger partial charge in [-0.15, -0.1) is 0 Å². The third-order valence-electron chi connectivity index (χ3n) is 3.23. The predicted molar refractivity (Wildman–Crippen MR) is 52.2 cm³/mol. The van der Waals surface area contributed by atoms with E-state index < -0.39 is 29.5 Å². The highest BCUT2D eigenvalue weighted by Gasteiger charge is 2.57. The van der Waals surface area contributed by atoms with E-state index in [4.69, 9.17) is 5.11 Å². The first-order chi connectivity index (χ1) is 7.64. The Labute approximate surface area is 96.4 Å². The lowest BCUT2D eigenvalue weighted by Gasteiger charge is -2.38. The van der Waals surface area contributed by atoms with Gasteiger partial charge in [-0.2, -0.15) is 13.2 Å². The molecule has 1 aliphatic heterocycles. The van der Waals surface area contributed by atoms with E-state index in [1.54, 1.807) is 0 Å². The van der Waals surface area contributed by atoms with E-state index in [1.165, 1.54) is 13.8 Å². The number of carboxylic acid groups (broad SMARTS) is 1. The van der Waals surface area contributed by atoms with Crippen molar-refractivity contribution >= 4 is 11.9 Å². The van der Waals surface area contributed by atoms with Crippen molar-refractivity contribution in [1.82, 2.24) is 4.90 Å². The van der Waals surface area contributed by atoms with Crippen LogP contribution in [0.4, 0.5) is 13.2 Å². The minimum absolute atomic E-state index is 0.0574. The van der Waals surface area contributed by atoms with Crippen LogP contribution in [0.5, 0.6) is 0 Å². The van der Waals surface area contributed by atoms with Crippen LogP contribution >= 0.6 is 0 Å². The first kappa shape index (κ1) is 13.8. The normalized spacial score (nSPS) is 25.4. The molecule has 1 N–H and O–H groups in total. The summed E-state index contributed by atoms with van der Waals surface area (Å²) in [6, 6.07) is 0. The molecular weight excluding hydrogens is 239 g/mol. The van der Waals surface area contributed by atoms with E-state index in [-0.39, 0.29) is 19.4 Å². The fourth-order valence-electron chi connectivity index (χ4n) is 2.35. The SMILES string of the molecule is CC(C)[C@]1(C(=O)O)CCCN1C(=O)C(F)(F)F. The number of nitrogens with zero attached hydrogens (tertiary/aromatic N) is 1. The van der Waals surface area contributed by atoms with E-state index in [0.29, 0.717) is 4.90 Å². The molecule has 1 atom stereocenters. The van der Waals surface area contributed by atoms with Crippen LogP contribution in [0.25, 0.3) is 0 Å². The summed E-state index contributed by atoms with van der Waals surface area (Å²) in [4.78, 5) is 22.9. The lowest BCUT2D eigenvalue weighted by Crippen LogP contribution is -2.59. The molecule has 1 aliphatic rings. The van der Waals surface area contributed by atoms with Crippen molar-refractivity contribution in [3.8, 4) is 0 Å². The molecule has 1 rings (SSSR count). The standard InChI is InChI=1S/C10H14F3NO3/c1-6(2)9(8(16)17)4-3-5-14(9)7(15)10(11,12)13/h6H,3-5H2,1-2H3,(H,16,17)/t9-/m0/s1. The van der Waals surface area contributed by atoms with Crippen molar-refractivity contribution in [3.05, 3.63) is 0 Å². The maximum Gasteiger partial charge on any atom is 0.471 e. The van der Waals surface area contributed by atoms with Gasteiger partial charge in [0.05, 0.1) is 0 Å². The molecule has 0 spiro atoms. The van der Waals surface area contributed by atoms with Gasteiger partial charge in [-0.1, -0.05) is 13.8 Å². The summed E-state index contributed by atoms with van der Waals surface area (Å²) >= 11 is 0. The summed E-state index contributed by atoms with van der Waals surface area (Å²) in [7, 11) is 0. The summed E-state index contributed by atoms with van der Waals surface area (Å²) in [5.74, 6) is -4.01. The van der Waals surface area contributed by atoms with Gasteiger partial charge in [0.1, 0.15) is 5.54 Å². The van der Waals surface area contributed by atoms with Gasteiger partial charge in [0, 0.05) is 6.54 Å². The predicted octanol–water partition coefficient (Wildman–Crippen LogP) is 1.65. The zero-order chi connectivity index (χ0) is 13.4. The zero-order valence-corrected chi connectivity index (χ0v) is 9.54. The monoisotopic (exact) mass is 253 g/mol. The molecule has 0 aromatic heterocycles. The van der Waals surface area contributed by atoms with Crippen LogP contribution in [0.1, 0.15) is 26.7 Å². The third-order valence-corrected chi connectivity index (χ3v) is 3.23. The van der Waals surface area contributed by atoms with Crippen LogP contribution in [0, 0.1) is 5.92 Å². The molecule has 1 heterocycles. The molecule has 0 aromatic carbocycles. The van der Waals surface area contributed by atoms with Crippen LogP contribution in [0.2, 0.25) is 0 Å². The maximum atomic E-state index is 12.4. The Balaban J connectivity index is 3.15. The van der Waals surface area contributed by atoms with Crippen molar-refractivity contribution in [2.45, 2.75) is 38.4 Å². The Morgan fingerprint density at radius 1 is 1.35 bits per heavy atom. The van der Waals surface area contributed by atoms with Gasteiger partial charge in [-0.25, -0.2) is 4.79 Å². The summed E-state index contributed by atoms with van der Waals surface area (Å²) in [6.07, 6.45) is -4.70. The first-order valence-electron chi connectivity index (χ1n) is 5.26. The van der Waals surface area contributed by atoms with Gasteiger partial charge < -0.3 is 10.0 Å². The Hall–Kier alpha value is -1.27. The van der Waals surface area contributed by atoms with E-state index in [2.05, 4.69) is 0 Å². The van der Waals surface area contributed by atoms with Crippen molar-refractivity contribution < 1.29 is 27.9 Å². The number of alkyl halides is 3. The molecular formula is C10H14F3NO3. The largest absolute Gasteiger partial charge is 0.479 e. The Kier molecular flexibility index (Phi) is 3.40. The van der Waals surface area contributed by atoms with Crippen molar-refractivity contribution in [2.75, 3.05) is 6.54 Å². The first-order valence-corrected chi connectivity index (χ1v) is 5.26. The number of rotatable bonds is 2. The smallest absolute Gasteiger partial charge is 0.471 e. The molecule has 4 nitrogen and oxygen atoms in total. The molecule has 0 unspecified atom stereocenters. The summed E-state index contributed by atoms with van der Waals surface area (Å²) < 4.78 is 37.2. The highest BCUT2D eigenvalue weighted by Crippen LogP contribution is 2.38. The second-order valence-corrected chi connectivity index (χ2v) is 4.44. The number of halogens is 3. The van der Waals surface area contributed by atoms with Crippen molar-refractivity contribution in [1.29, 1.82) is 0 Å². The average Bonchev–Trinajstić information content (AvgIpc) is 2.59. The van der Waals surface area contributed by atoms with Gasteiger partial charge in [-0.05, 0) is 18.8 Å². The molecule has 17 heavy (non-hydrogen) atoms. The molecule has 0 saturated carbocycles. The molecule has 7 heteroatoms. The zero-order valence-electron chi connectivity index (χ0n) is 9.54. The van der Waals surface area contributed by atoms with E-state index in [0.717, 1.165) is 0 Å². The third kappa shape index (κ3) is 2.10. The van der Waals surface area contributed by atoms with Gasteiger partial charge in [0.2, 0.25) is 0 Å². The second-order valence-electron chi connectivity index (χ2n) is 4.44. The number of amides is 1. The lowest BCUT2D eigenvalue weighted by molar-refractivity contribution is -0.194. The highest BCUT2D eigenvalue weighted by atomic mass is 19.4. The van der Waals surface area contributed by atoms with Crippen LogP contribution in [-0.4, -0.2) is 40.1 Å².